The van der Waals surface area contributed by atoms with Crippen LogP contribution in [0.2, 0.25) is 0 Å². The van der Waals surface area contributed by atoms with Gasteiger partial charge in [-0.2, -0.15) is 0 Å². The Morgan fingerprint density at radius 3 is 1.78 bits per heavy atom. The number of aliphatic hydroxyl groups is 2. The van der Waals surface area contributed by atoms with Crippen molar-refractivity contribution >= 4 is 5.78 Å². The van der Waals surface area contributed by atoms with Crippen molar-refractivity contribution in [3.8, 4) is 0 Å². The topological polar surface area (TPSA) is 101 Å². The lowest BCUT2D eigenvalue weighted by Gasteiger charge is -2.35. The van der Waals surface area contributed by atoms with Crippen LogP contribution in [0.4, 0.5) is 0 Å². The van der Waals surface area contributed by atoms with Gasteiger partial charge in [-0.05, 0) is 82.8 Å². The summed E-state index contributed by atoms with van der Waals surface area (Å²) in [5, 5.41) is 32.2. The van der Waals surface area contributed by atoms with Crippen LogP contribution in [-0.2, 0) is 4.79 Å². The van der Waals surface area contributed by atoms with E-state index in [2.05, 4.69) is 13.8 Å². The largest absolute Gasteiger partial charge is 0.393 e. The second kappa shape index (κ2) is 16.3. The molecule has 0 unspecified atom stereocenters. The lowest BCUT2D eigenvalue weighted by atomic mass is 9.66. The first-order chi connectivity index (χ1) is 21.3. The summed E-state index contributed by atoms with van der Waals surface area (Å²) in [6.45, 7) is 19.7. The molecule has 46 heavy (non-hydrogen) atoms. The average Bonchev–Trinajstić information content (AvgIpc) is 3.14. The third kappa shape index (κ3) is 10.7. The van der Waals surface area contributed by atoms with Gasteiger partial charge in [0.25, 0.3) is 5.70 Å². The molecule has 0 radical (unpaired) electrons. The Bertz CT molecular complexity index is 1470. The minimum atomic E-state index is -0.559. The van der Waals surface area contributed by atoms with E-state index in [4.69, 9.17) is 0 Å². The minimum Gasteiger partial charge on any atom is -0.393 e. The number of nitrogens with zero attached hydrogens (tertiary/aromatic N) is 1. The summed E-state index contributed by atoms with van der Waals surface area (Å²) in [4.78, 5) is 24.5. The SMILES string of the molecule is CC1=C(/C=C(/C(C)=C/C=C/C(C)=C/C=C/C=C(C)/C=C/C=C(C)/C=C/C(=O)[C@]2(C)C[C@@H](O)CC2(C)C)[N+](=O)[O-])C(C)(C)C[C@H](O)C1. The number of allylic oxidation sites excluding steroid dienone is 18. The van der Waals surface area contributed by atoms with Gasteiger partial charge in [0.15, 0.2) is 5.78 Å². The Labute approximate surface area is 276 Å². The molecule has 2 aliphatic carbocycles. The molecule has 6 heteroatoms. The van der Waals surface area contributed by atoms with Crippen LogP contribution in [0.25, 0.3) is 0 Å². The van der Waals surface area contributed by atoms with Crippen molar-refractivity contribution in [2.45, 2.75) is 107 Å². The van der Waals surface area contributed by atoms with E-state index in [1.807, 2.05) is 109 Å². The number of carbonyl (C=O) groups is 1. The van der Waals surface area contributed by atoms with Gasteiger partial charge in [0, 0.05) is 17.1 Å². The van der Waals surface area contributed by atoms with E-state index in [0.29, 0.717) is 31.3 Å². The van der Waals surface area contributed by atoms with Crippen molar-refractivity contribution in [2.24, 2.45) is 16.2 Å². The van der Waals surface area contributed by atoms with E-state index in [9.17, 15) is 25.1 Å². The van der Waals surface area contributed by atoms with E-state index >= 15 is 0 Å². The molecule has 0 saturated heterocycles. The van der Waals surface area contributed by atoms with E-state index in [1.165, 1.54) is 0 Å². The van der Waals surface area contributed by atoms with Gasteiger partial charge < -0.3 is 10.2 Å². The second-order valence-corrected chi connectivity index (χ2v) is 14.6. The molecule has 0 heterocycles. The number of nitro groups is 1. The first-order valence-corrected chi connectivity index (χ1v) is 16.2. The monoisotopic (exact) mass is 629 g/mol. The van der Waals surface area contributed by atoms with Crippen molar-refractivity contribution in [3.05, 3.63) is 128 Å². The maximum absolute atomic E-state index is 12.9. The molecule has 0 amide bonds. The van der Waals surface area contributed by atoms with Gasteiger partial charge >= 0.3 is 0 Å². The van der Waals surface area contributed by atoms with Gasteiger partial charge in [0.1, 0.15) is 0 Å². The maximum Gasteiger partial charge on any atom is 0.272 e. The molecule has 2 N–H and O–H groups in total. The standard InChI is InChI=1S/C40H55NO5/c1-28(17-13-18-30(3)21-22-37(44)40(10)27-34(43)26-39(40,8)9)15-11-12-16-29(2)19-14-20-31(4)36(41(45)46)24-35-32(5)23-33(42)25-38(35,6)7/h11-22,24,33-34,42-43H,23,25-27H2,1-10H3/b12-11+,17-13+,19-14+,22-21+,28-15+,29-16+,30-18+,31-20+,36-24-/t33-,34+,40+/m1/s1. The summed E-state index contributed by atoms with van der Waals surface area (Å²) < 4.78 is 0. The Hall–Kier alpha value is -3.61. The van der Waals surface area contributed by atoms with Gasteiger partial charge in [0.05, 0.1) is 17.1 Å². The molecule has 3 atom stereocenters. The lowest BCUT2D eigenvalue weighted by molar-refractivity contribution is -0.420. The predicted octanol–water partition coefficient (Wildman–Crippen LogP) is 9.41. The quantitative estimate of drug-likeness (QED) is 0.0969. The number of rotatable bonds is 12. The van der Waals surface area contributed by atoms with Crippen LogP contribution in [0, 0.1) is 26.4 Å². The molecule has 0 spiro atoms. The van der Waals surface area contributed by atoms with Gasteiger partial charge in [0.2, 0.25) is 0 Å². The summed E-state index contributed by atoms with van der Waals surface area (Å²) in [7, 11) is 0. The average molecular weight is 630 g/mol. The van der Waals surface area contributed by atoms with Crippen LogP contribution < -0.4 is 0 Å². The van der Waals surface area contributed by atoms with E-state index in [0.717, 1.165) is 27.9 Å². The van der Waals surface area contributed by atoms with Gasteiger partial charge in [-0.3, -0.25) is 14.9 Å². The summed E-state index contributed by atoms with van der Waals surface area (Å²) in [6.07, 6.45) is 25.8. The third-order valence-electron chi connectivity index (χ3n) is 9.54. The highest BCUT2D eigenvalue weighted by Gasteiger charge is 2.52. The lowest BCUT2D eigenvalue weighted by Crippen LogP contribution is -2.36. The van der Waals surface area contributed by atoms with Crippen LogP contribution in [0.3, 0.4) is 0 Å². The van der Waals surface area contributed by atoms with Crippen LogP contribution in [0.15, 0.2) is 118 Å². The zero-order valence-corrected chi connectivity index (χ0v) is 29.6. The summed E-state index contributed by atoms with van der Waals surface area (Å²) in [6, 6.07) is 0. The molecule has 0 aromatic heterocycles. The molecular weight excluding hydrogens is 574 g/mol. The van der Waals surface area contributed by atoms with Crippen molar-refractivity contribution in [2.75, 3.05) is 0 Å². The Balaban J connectivity index is 2.00. The fourth-order valence-corrected chi connectivity index (χ4v) is 6.40. The molecule has 250 valence electrons. The van der Waals surface area contributed by atoms with E-state index in [1.54, 1.807) is 25.2 Å². The Morgan fingerprint density at radius 2 is 1.28 bits per heavy atom. The molecule has 0 aliphatic heterocycles. The zero-order chi connectivity index (χ0) is 34.9. The van der Waals surface area contributed by atoms with Crippen LogP contribution >= 0.6 is 0 Å². The highest BCUT2D eigenvalue weighted by molar-refractivity contribution is 5.95. The van der Waals surface area contributed by atoms with Gasteiger partial charge in [-0.15, -0.1) is 0 Å². The maximum atomic E-state index is 12.9. The molecule has 0 aromatic rings. The summed E-state index contributed by atoms with van der Waals surface area (Å²) >= 11 is 0. The molecule has 0 aromatic carbocycles. The normalized spacial score (nSPS) is 26.8. The third-order valence-corrected chi connectivity index (χ3v) is 9.54. The highest BCUT2D eigenvalue weighted by Crippen LogP contribution is 2.53. The number of carbonyl (C=O) groups excluding carboxylic acids is 1. The van der Waals surface area contributed by atoms with Gasteiger partial charge in [-0.1, -0.05) is 124 Å². The van der Waals surface area contributed by atoms with Crippen molar-refractivity contribution in [1.29, 1.82) is 0 Å². The van der Waals surface area contributed by atoms with Crippen LogP contribution in [0.1, 0.15) is 94.9 Å². The smallest absolute Gasteiger partial charge is 0.272 e. The number of ketones is 1. The molecule has 1 fully saturated rings. The zero-order valence-electron chi connectivity index (χ0n) is 29.6. The Morgan fingerprint density at radius 1 is 0.761 bits per heavy atom. The Kier molecular flexibility index (Phi) is 13.7. The fraction of sp³-hybridized carbons (Fsp3) is 0.475. The number of aliphatic hydroxyl groups excluding tert-OH is 2. The minimum absolute atomic E-state index is 0.0587. The molecular formula is C40H55NO5. The molecule has 6 nitrogen and oxygen atoms in total. The number of hydrogen-bond donors (Lipinski definition) is 2. The van der Waals surface area contributed by atoms with E-state index < -0.39 is 17.6 Å². The summed E-state index contributed by atoms with van der Waals surface area (Å²) in [5.74, 6) is 0.0587. The molecule has 2 rings (SSSR count). The summed E-state index contributed by atoms with van der Waals surface area (Å²) in [5.41, 5.74) is 4.45. The highest BCUT2D eigenvalue weighted by atomic mass is 16.6. The van der Waals surface area contributed by atoms with Crippen LogP contribution in [-0.4, -0.2) is 33.1 Å². The second-order valence-electron chi connectivity index (χ2n) is 14.6. The molecule has 1 saturated carbocycles. The predicted molar refractivity (Wildman–Crippen MR) is 191 cm³/mol. The first-order valence-electron chi connectivity index (χ1n) is 16.2. The number of hydrogen-bond acceptors (Lipinski definition) is 5. The van der Waals surface area contributed by atoms with Crippen LogP contribution in [0.5, 0.6) is 0 Å². The fourth-order valence-electron chi connectivity index (χ4n) is 6.40. The van der Waals surface area contributed by atoms with Crippen molar-refractivity contribution < 1.29 is 19.9 Å². The van der Waals surface area contributed by atoms with Crippen molar-refractivity contribution in [3.63, 3.8) is 0 Å². The molecule has 2 aliphatic rings. The van der Waals surface area contributed by atoms with Crippen molar-refractivity contribution in [1.82, 2.24) is 0 Å². The van der Waals surface area contributed by atoms with E-state index in [-0.39, 0.29) is 27.2 Å². The van der Waals surface area contributed by atoms with Gasteiger partial charge in [-0.25, -0.2) is 0 Å². The molecule has 0 bridgehead atoms. The first kappa shape index (κ1) is 38.6.